The molecule has 1 aliphatic heterocycles. The summed E-state index contributed by atoms with van der Waals surface area (Å²) in [7, 11) is -2.73. The van der Waals surface area contributed by atoms with Gasteiger partial charge in [0.15, 0.2) is 9.84 Å². The molecule has 5 heteroatoms. The van der Waals surface area contributed by atoms with Gasteiger partial charge in [-0.25, -0.2) is 8.42 Å². The van der Waals surface area contributed by atoms with Gasteiger partial charge in [0.2, 0.25) is 0 Å². The summed E-state index contributed by atoms with van der Waals surface area (Å²) in [6.45, 7) is 0.692. The molecule has 0 atom stereocenters. The molecule has 15 heavy (non-hydrogen) atoms. The van der Waals surface area contributed by atoms with Gasteiger partial charge in [-0.3, -0.25) is 0 Å². The standard InChI is InChI=1S/C10H12ClNO2S/c11-9-3-1-8(2-4-9)5-12-10-6-15(13,14)7-10/h1-4,10,12H,5-7H2. The molecule has 1 aromatic rings. The third-order valence-electron chi connectivity index (χ3n) is 2.42. The van der Waals surface area contributed by atoms with E-state index in [-0.39, 0.29) is 17.5 Å². The number of hydrogen-bond acceptors (Lipinski definition) is 3. The van der Waals surface area contributed by atoms with E-state index in [9.17, 15) is 8.42 Å². The maximum atomic E-state index is 10.9. The Morgan fingerprint density at radius 1 is 1.27 bits per heavy atom. The van der Waals surface area contributed by atoms with Crippen LogP contribution in [0.25, 0.3) is 0 Å². The third kappa shape index (κ3) is 2.93. The highest BCUT2D eigenvalue weighted by molar-refractivity contribution is 7.92. The second-order valence-corrected chi connectivity index (χ2v) is 6.37. The zero-order chi connectivity index (χ0) is 10.9. The van der Waals surface area contributed by atoms with Crippen LogP contribution < -0.4 is 5.32 Å². The summed E-state index contributed by atoms with van der Waals surface area (Å²) in [5.74, 6) is 0.529. The number of benzene rings is 1. The van der Waals surface area contributed by atoms with E-state index in [1.807, 2.05) is 24.3 Å². The first-order valence-electron chi connectivity index (χ1n) is 4.73. The van der Waals surface area contributed by atoms with Crippen LogP contribution >= 0.6 is 11.6 Å². The van der Waals surface area contributed by atoms with Crippen molar-refractivity contribution in [3.05, 3.63) is 34.9 Å². The van der Waals surface area contributed by atoms with Crippen LogP contribution in [0.3, 0.4) is 0 Å². The molecule has 1 fully saturated rings. The van der Waals surface area contributed by atoms with E-state index in [0.29, 0.717) is 11.6 Å². The summed E-state index contributed by atoms with van der Waals surface area (Å²) in [5.41, 5.74) is 1.11. The molecule has 0 radical (unpaired) electrons. The molecule has 2 rings (SSSR count). The van der Waals surface area contributed by atoms with Gasteiger partial charge in [0.05, 0.1) is 11.5 Å². The minimum atomic E-state index is -2.73. The number of halogens is 1. The van der Waals surface area contributed by atoms with Crippen molar-refractivity contribution in [2.75, 3.05) is 11.5 Å². The number of nitrogens with one attached hydrogen (secondary N) is 1. The van der Waals surface area contributed by atoms with Gasteiger partial charge in [-0.15, -0.1) is 0 Å². The zero-order valence-electron chi connectivity index (χ0n) is 8.11. The second kappa shape index (κ2) is 4.12. The molecule has 1 aromatic carbocycles. The lowest BCUT2D eigenvalue weighted by Gasteiger charge is -2.26. The summed E-state index contributed by atoms with van der Waals surface area (Å²) < 4.78 is 21.8. The lowest BCUT2D eigenvalue weighted by atomic mass is 10.2. The van der Waals surface area contributed by atoms with Gasteiger partial charge in [-0.1, -0.05) is 23.7 Å². The lowest BCUT2D eigenvalue weighted by Crippen LogP contribution is -2.50. The van der Waals surface area contributed by atoms with E-state index in [2.05, 4.69) is 5.32 Å². The first-order chi connectivity index (χ1) is 7.05. The molecule has 0 saturated carbocycles. The number of hydrogen-bond donors (Lipinski definition) is 1. The molecule has 1 saturated heterocycles. The predicted molar refractivity (Wildman–Crippen MR) is 60.7 cm³/mol. The molecule has 0 bridgehead atoms. The van der Waals surface area contributed by atoms with Gasteiger partial charge < -0.3 is 5.32 Å². The van der Waals surface area contributed by atoms with Crippen LogP contribution in [0, 0.1) is 0 Å². The zero-order valence-corrected chi connectivity index (χ0v) is 9.68. The molecule has 0 spiro atoms. The average molecular weight is 246 g/mol. The van der Waals surface area contributed by atoms with Crippen molar-refractivity contribution in [1.29, 1.82) is 0 Å². The van der Waals surface area contributed by atoms with Crippen LogP contribution in [0.2, 0.25) is 5.02 Å². The molecule has 1 aliphatic rings. The van der Waals surface area contributed by atoms with Crippen LogP contribution in [0.4, 0.5) is 0 Å². The number of rotatable bonds is 3. The quantitative estimate of drug-likeness (QED) is 0.871. The Kier molecular flexibility index (Phi) is 3.00. The molecule has 0 aliphatic carbocycles. The molecule has 0 amide bonds. The smallest absolute Gasteiger partial charge is 0.153 e. The molecule has 1 heterocycles. The maximum absolute atomic E-state index is 10.9. The van der Waals surface area contributed by atoms with Crippen molar-refractivity contribution in [2.45, 2.75) is 12.6 Å². The maximum Gasteiger partial charge on any atom is 0.153 e. The van der Waals surface area contributed by atoms with E-state index >= 15 is 0 Å². The second-order valence-electron chi connectivity index (χ2n) is 3.78. The SMILES string of the molecule is O=S1(=O)CC(NCc2ccc(Cl)cc2)C1. The molecular weight excluding hydrogens is 234 g/mol. The van der Waals surface area contributed by atoms with E-state index < -0.39 is 9.84 Å². The van der Waals surface area contributed by atoms with E-state index in [0.717, 1.165) is 5.56 Å². The molecule has 3 nitrogen and oxygen atoms in total. The summed E-state index contributed by atoms with van der Waals surface area (Å²) in [5, 5.41) is 3.90. The largest absolute Gasteiger partial charge is 0.308 e. The van der Waals surface area contributed by atoms with E-state index in [1.54, 1.807) is 0 Å². The van der Waals surface area contributed by atoms with Crippen molar-refractivity contribution < 1.29 is 8.42 Å². The third-order valence-corrected chi connectivity index (χ3v) is 4.49. The van der Waals surface area contributed by atoms with Gasteiger partial charge in [-0.2, -0.15) is 0 Å². The first-order valence-corrected chi connectivity index (χ1v) is 6.93. The van der Waals surface area contributed by atoms with Gasteiger partial charge in [0.1, 0.15) is 0 Å². The van der Waals surface area contributed by atoms with Crippen molar-refractivity contribution >= 4 is 21.4 Å². The highest BCUT2D eigenvalue weighted by atomic mass is 35.5. The minimum absolute atomic E-state index is 0.116. The van der Waals surface area contributed by atoms with E-state index in [1.165, 1.54) is 0 Å². The predicted octanol–water partition coefficient (Wildman–Crippen LogP) is 1.23. The van der Waals surface area contributed by atoms with E-state index in [4.69, 9.17) is 11.6 Å². The Morgan fingerprint density at radius 2 is 1.87 bits per heavy atom. The summed E-state index contributed by atoms with van der Waals surface area (Å²) in [6.07, 6.45) is 0. The van der Waals surface area contributed by atoms with Gasteiger partial charge in [0, 0.05) is 17.6 Å². The number of sulfone groups is 1. The Labute approximate surface area is 94.4 Å². The molecular formula is C10H12ClNO2S. The summed E-state index contributed by atoms with van der Waals surface area (Å²) in [6, 6.07) is 7.64. The highest BCUT2D eigenvalue weighted by Gasteiger charge is 2.32. The van der Waals surface area contributed by atoms with Crippen LogP contribution in [0.1, 0.15) is 5.56 Å². The molecule has 1 N–H and O–H groups in total. The normalized spacial score (nSPS) is 19.8. The summed E-state index contributed by atoms with van der Waals surface area (Å²) >= 11 is 5.75. The Bertz CT molecular complexity index is 429. The molecule has 82 valence electrons. The Hall–Kier alpha value is -0.580. The average Bonchev–Trinajstić information content (AvgIpc) is 2.14. The van der Waals surface area contributed by atoms with Crippen molar-refractivity contribution in [1.82, 2.24) is 5.32 Å². The highest BCUT2D eigenvalue weighted by Crippen LogP contribution is 2.12. The van der Waals surface area contributed by atoms with Crippen molar-refractivity contribution in [3.8, 4) is 0 Å². The van der Waals surface area contributed by atoms with Crippen LogP contribution in [-0.2, 0) is 16.4 Å². The lowest BCUT2D eigenvalue weighted by molar-refractivity contribution is 0.511. The van der Waals surface area contributed by atoms with Gasteiger partial charge >= 0.3 is 0 Å². The van der Waals surface area contributed by atoms with Crippen LogP contribution in [-0.4, -0.2) is 26.0 Å². The van der Waals surface area contributed by atoms with Crippen molar-refractivity contribution in [2.24, 2.45) is 0 Å². The monoisotopic (exact) mass is 245 g/mol. The fourth-order valence-corrected chi connectivity index (χ4v) is 3.04. The minimum Gasteiger partial charge on any atom is -0.308 e. The van der Waals surface area contributed by atoms with Gasteiger partial charge in [0.25, 0.3) is 0 Å². The van der Waals surface area contributed by atoms with Crippen molar-refractivity contribution in [3.63, 3.8) is 0 Å². The Morgan fingerprint density at radius 3 is 2.40 bits per heavy atom. The Balaban J connectivity index is 1.82. The molecule has 0 unspecified atom stereocenters. The first kappa shape index (κ1) is 10.9. The molecule has 0 aromatic heterocycles. The van der Waals surface area contributed by atoms with Crippen LogP contribution in [0.5, 0.6) is 0 Å². The summed E-state index contributed by atoms with van der Waals surface area (Å²) in [4.78, 5) is 0. The fourth-order valence-electron chi connectivity index (χ4n) is 1.55. The fraction of sp³-hybridized carbons (Fsp3) is 0.400. The van der Waals surface area contributed by atoms with Crippen LogP contribution in [0.15, 0.2) is 24.3 Å². The topological polar surface area (TPSA) is 46.2 Å². The van der Waals surface area contributed by atoms with Gasteiger partial charge in [-0.05, 0) is 17.7 Å².